The maximum atomic E-state index is 13.8. The van der Waals surface area contributed by atoms with Crippen LogP contribution in [0.4, 0.5) is 8.78 Å². The van der Waals surface area contributed by atoms with Crippen LogP contribution in [0.25, 0.3) is 5.65 Å². The highest BCUT2D eigenvalue weighted by Gasteiger charge is 2.25. The maximum Gasteiger partial charge on any atom is 0.337 e. The summed E-state index contributed by atoms with van der Waals surface area (Å²) in [5, 5.41) is 21.1. The number of pyridine rings is 1. The Morgan fingerprint density at radius 3 is 2.57 bits per heavy atom. The second kappa shape index (κ2) is 10.7. The van der Waals surface area contributed by atoms with Crippen LogP contribution >= 0.6 is 0 Å². The van der Waals surface area contributed by atoms with Gasteiger partial charge in [-0.05, 0) is 47.7 Å². The van der Waals surface area contributed by atoms with Crippen molar-refractivity contribution >= 4 is 11.6 Å². The van der Waals surface area contributed by atoms with E-state index in [4.69, 9.17) is 5.73 Å². The van der Waals surface area contributed by atoms with Crippen molar-refractivity contribution in [3.8, 4) is 0 Å². The molecule has 182 valence electrons. The minimum atomic E-state index is -1.09. The molecule has 0 bridgehead atoms. The molecule has 0 aliphatic rings. The molecule has 2 atom stereocenters. The summed E-state index contributed by atoms with van der Waals surface area (Å²) in [7, 11) is 0. The molecule has 2 aromatic heterocycles. The summed E-state index contributed by atoms with van der Waals surface area (Å²) in [5.41, 5.74) is 10.5. The van der Waals surface area contributed by atoms with Gasteiger partial charge in [-0.25, -0.2) is 13.6 Å². The number of nitrogens with one attached hydrogen (secondary N) is 1. The zero-order valence-corrected chi connectivity index (χ0v) is 19.3. The monoisotopic (exact) mass is 479 g/mol. The minimum absolute atomic E-state index is 0.0666. The van der Waals surface area contributed by atoms with Gasteiger partial charge in [0, 0.05) is 42.9 Å². The molecule has 2 aromatic carbocycles. The number of carboxylic acid groups (broad SMARTS) is 1. The maximum absolute atomic E-state index is 13.8. The molecule has 0 fully saturated rings. The predicted molar refractivity (Wildman–Crippen MR) is 128 cm³/mol. The molecular formula is C26H27F2N5O2. The Morgan fingerprint density at radius 2 is 1.86 bits per heavy atom. The third-order valence-corrected chi connectivity index (χ3v) is 6.07. The van der Waals surface area contributed by atoms with Crippen LogP contribution in [-0.4, -0.2) is 38.3 Å². The molecule has 4 N–H and O–H groups in total. The highest BCUT2D eigenvalue weighted by Crippen LogP contribution is 2.26. The number of aryl methyl sites for hydroxylation is 1. The van der Waals surface area contributed by atoms with E-state index in [1.807, 2.05) is 12.1 Å². The number of hydrogen-bond donors (Lipinski definition) is 3. The predicted octanol–water partition coefficient (Wildman–Crippen LogP) is 3.71. The van der Waals surface area contributed by atoms with Gasteiger partial charge in [0.1, 0.15) is 18.0 Å². The molecule has 4 rings (SSSR count). The van der Waals surface area contributed by atoms with Crippen molar-refractivity contribution in [2.45, 2.75) is 38.3 Å². The Kier molecular flexibility index (Phi) is 7.48. The minimum Gasteiger partial charge on any atom is -0.478 e. The zero-order valence-electron chi connectivity index (χ0n) is 19.3. The lowest BCUT2D eigenvalue weighted by Crippen LogP contribution is -2.37. The van der Waals surface area contributed by atoms with Crippen LogP contribution in [0.5, 0.6) is 0 Å². The number of aromatic nitrogens is 3. The highest BCUT2D eigenvalue weighted by atomic mass is 19.1. The first-order chi connectivity index (χ1) is 16.8. The Morgan fingerprint density at radius 1 is 1.11 bits per heavy atom. The molecule has 0 aliphatic heterocycles. The normalized spacial score (nSPS) is 13.1. The summed E-state index contributed by atoms with van der Waals surface area (Å²) in [6.07, 6.45) is 3.98. The van der Waals surface area contributed by atoms with E-state index in [-0.39, 0.29) is 12.0 Å². The van der Waals surface area contributed by atoms with Gasteiger partial charge in [0.15, 0.2) is 5.65 Å². The van der Waals surface area contributed by atoms with Crippen LogP contribution in [-0.2, 0) is 19.4 Å². The molecule has 0 amide bonds. The molecule has 0 saturated heterocycles. The molecule has 0 saturated carbocycles. The number of hydrogen-bond acceptors (Lipinski definition) is 5. The first-order valence-corrected chi connectivity index (χ1v) is 11.4. The molecule has 0 spiro atoms. The molecule has 0 unspecified atom stereocenters. The fraction of sp³-hybridized carbons (Fsp3) is 0.269. The lowest BCUT2D eigenvalue weighted by atomic mass is 9.87. The average Bonchev–Trinajstić information content (AvgIpc) is 3.29. The number of nitrogens with two attached hydrogens (primary N) is 1. The van der Waals surface area contributed by atoms with Gasteiger partial charge < -0.3 is 16.2 Å². The summed E-state index contributed by atoms with van der Waals surface area (Å²) in [5.74, 6) is -2.86. The standard InChI is InChI=1S/C26H27F2N5O2/c1-2-16-4-3-5-17(6-16)12-30-13-23(24(29)9-18-7-20(27)11-21(28)8-18)22-10-19(26(34)35)14-33-15-31-32-25(22)33/h3-8,10-11,14-15,23-24,30H,2,9,12-13,29H2,1H3,(H,34,35)/t23-,24-/m0/s1. The molecule has 0 aliphatic carbocycles. The first kappa shape index (κ1) is 24.4. The van der Waals surface area contributed by atoms with E-state index in [9.17, 15) is 18.7 Å². The largest absolute Gasteiger partial charge is 0.478 e. The SMILES string of the molecule is CCc1cccc(CNC[C@@H](c2cc(C(=O)O)cn3cnnc23)[C@@H](N)Cc2cc(F)cc(F)c2)c1. The molecule has 35 heavy (non-hydrogen) atoms. The van der Waals surface area contributed by atoms with Crippen molar-refractivity contribution < 1.29 is 18.7 Å². The van der Waals surface area contributed by atoms with Crippen molar-refractivity contribution in [2.75, 3.05) is 6.54 Å². The fourth-order valence-electron chi connectivity index (χ4n) is 4.32. The number of benzene rings is 2. The summed E-state index contributed by atoms with van der Waals surface area (Å²) in [6.45, 7) is 3.06. The summed E-state index contributed by atoms with van der Waals surface area (Å²) >= 11 is 0. The van der Waals surface area contributed by atoms with Gasteiger partial charge in [0.2, 0.25) is 0 Å². The van der Waals surface area contributed by atoms with Crippen molar-refractivity contribution in [3.63, 3.8) is 0 Å². The van der Waals surface area contributed by atoms with Crippen LogP contribution in [0.15, 0.2) is 61.1 Å². The Balaban J connectivity index is 1.65. The lowest BCUT2D eigenvalue weighted by Gasteiger charge is -2.26. The van der Waals surface area contributed by atoms with Crippen molar-refractivity contribution in [3.05, 3.63) is 101 Å². The smallest absolute Gasteiger partial charge is 0.337 e. The number of rotatable bonds is 10. The Hall–Kier alpha value is -3.69. The number of fused-ring (bicyclic) bond motifs is 1. The summed E-state index contributed by atoms with van der Waals surface area (Å²) < 4.78 is 29.1. The summed E-state index contributed by atoms with van der Waals surface area (Å²) in [4.78, 5) is 11.8. The van der Waals surface area contributed by atoms with E-state index >= 15 is 0 Å². The molecule has 2 heterocycles. The number of aromatic carboxylic acids is 1. The van der Waals surface area contributed by atoms with Crippen molar-refractivity contribution in [1.29, 1.82) is 0 Å². The van der Waals surface area contributed by atoms with E-state index in [2.05, 4.69) is 34.6 Å². The second-order valence-corrected chi connectivity index (χ2v) is 8.61. The van der Waals surface area contributed by atoms with Gasteiger partial charge in [0.25, 0.3) is 0 Å². The van der Waals surface area contributed by atoms with Crippen LogP contribution in [0.3, 0.4) is 0 Å². The highest BCUT2D eigenvalue weighted by molar-refractivity contribution is 5.88. The molecule has 7 nitrogen and oxygen atoms in total. The van der Waals surface area contributed by atoms with E-state index in [1.165, 1.54) is 30.2 Å². The molecular weight excluding hydrogens is 452 g/mol. The molecule has 0 radical (unpaired) electrons. The van der Waals surface area contributed by atoms with Crippen LogP contribution in [0, 0.1) is 11.6 Å². The van der Waals surface area contributed by atoms with Gasteiger partial charge in [-0.1, -0.05) is 31.2 Å². The van der Waals surface area contributed by atoms with Crippen LogP contribution in [0.2, 0.25) is 0 Å². The van der Waals surface area contributed by atoms with E-state index in [0.717, 1.165) is 18.1 Å². The Bertz CT molecular complexity index is 1320. The average molecular weight is 480 g/mol. The van der Waals surface area contributed by atoms with E-state index < -0.39 is 29.6 Å². The fourth-order valence-corrected chi connectivity index (χ4v) is 4.32. The van der Waals surface area contributed by atoms with Crippen molar-refractivity contribution in [2.24, 2.45) is 5.73 Å². The van der Waals surface area contributed by atoms with Gasteiger partial charge in [0.05, 0.1) is 5.56 Å². The third kappa shape index (κ3) is 5.87. The first-order valence-electron chi connectivity index (χ1n) is 11.4. The second-order valence-electron chi connectivity index (χ2n) is 8.61. The van der Waals surface area contributed by atoms with Crippen molar-refractivity contribution in [1.82, 2.24) is 19.9 Å². The molecule has 9 heteroatoms. The van der Waals surface area contributed by atoms with Crippen LogP contribution < -0.4 is 11.1 Å². The number of carboxylic acids is 1. The number of nitrogens with zero attached hydrogens (tertiary/aromatic N) is 3. The number of halogens is 2. The zero-order chi connectivity index (χ0) is 24.9. The third-order valence-electron chi connectivity index (χ3n) is 6.07. The number of carbonyl (C=O) groups is 1. The van der Waals surface area contributed by atoms with Gasteiger partial charge in [-0.2, -0.15) is 0 Å². The van der Waals surface area contributed by atoms with E-state index in [0.29, 0.717) is 29.9 Å². The summed E-state index contributed by atoms with van der Waals surface area (Å²) in [6, 6.07) is 12.5. The molecule has 4 aromatic rings. The van der Waals surface area contributed by atoms with Gasteiger partial charge in [-0.15, -0.1) is 10.2 Å². The quantitative estimate of drug-likeness (QED) is 0.320. The Labute approximate surface area is 201 Å². The van der Waals surface area contributed by atoms with Gasteiger partial charge >= 0.3 is 5.97 Å². The topological polar surface area (TPSA) is 106 Å². The van der Waals surface area contributed by atoms with Gasteiger partial charge in [-0.3, -0.25) is 4.40 Å². The lowest BCUT2D eigenvalue weighted by molar-refractivity contribution is 0.0696. The van der Waals surface area contributed by atoms with E-state index in [1.54, 1.807) is 10.5 Å². The van der Waals surface area contributed by atoms with Crippen LogP contribution in [0.1, 0.15) is 45.5 Å².